The van der Waals surface area contributed by atoms with Gasteiger partial charge in [0.15, 0.2) is 0 Å². The molecule has 3 nitrogen and oxygen atoms in total. The molecule has 0 amide bonds. The summed E-state index contributed by atoms with van der Waals surface area (Å²) >= 11 is 1.75. The number of esters is 1. The largest absolute Gasteiger partial charge is 0.468 e. The monoisotopic (exact) mass is 303 g/mol. The molecule has 0 aliphatic heterocycles. The summed E-state index contributed by atoms with van der Waals surface area (Å²) in [5.41, 5.74) is 1.21. The minimum atomic E-state index is -0.164. The van der Waals surface area contributed by atoms with Gasteiger partial charge in [-0.25, -0.2) is 0 Å². The molecule has 0 aliphatic rings. The number of benzene rings is 1. The number of halogens is 1. The van der Waals surface area contributed by atoms with Gasteiger partial charge >= 0.3 is 5.97 Å². The van der Waals surface area contributed by atoms with E-state index in [1.807, 2.05) is 31.5 Å². The highest BCUT2D eigenvalue weighted by atomic mass is 35.5. The molecule has 0 N–H and O–H groups in total. The van der Waals surface area contributed by atoms with E-state index in [9.17, 15) is 4.79 Å². The van der Waals surface area contributed by atoms with Gasteiger partial charge < -0.3 is 4.74 Å². The van der Waals surface area contributed by atoms with Crippen LogP contribution in [0.4, 0.5) is 0 Å². The summed E-state index contributed by atoms with van der Waals surface area (Å²) in [5, 5.41) is 0. The molecule has 0 spiro atoms. The summed E-state index contributed by atoms with van der Waals surface area (Å²) in [5.74, 6) is 0.807. The number of nitrogens with zero attached hydrogens (tertiary/aromatic N) is 1. The second-order valence-corrected chi connectivity index (χ2v) is 5.21. The zero-order valence-corrected chi connectivity index (χ0v) is 13.3. The van der Waals surface area contributed by atoms with Gasteiger partial charge in [0.05, 0.1) is 7.11 Å². The lowest BCUT2D eigenvalue weighted by Gasteiger charge is -2.25. The minimum absolute atomic E-state index is 0. The number of ether oxygens (including phenoxy) is 1. The fourth-order valence-corrected chi connectivity index (χ4v) is 2.32. The first-order valence-corrected chi connectivity index (χ1v) is 7.39. The van der Waals surface area contributed by atoms with E-state index in [4.69, 9.17) is 4.74 Å². The molecule has 108 valence electrons. The molecule has 0 radical (unpaired) electrons. The van der Waals surface area contributed by atoms with Crippen LogP contribution in [-0.2, 0) is 16.1 Å². The van der Waals surface area contributed by atoms with Gasteiger partial charge in [-0.2, -0.15) is 11.8 Å². The number of methoxy groups -OCH3 is 1. The molecule has 5 heteroatoms. The number of carbonyl (C=O) groups is 1. The molecule has 0 unspecified atom stereocenters. The van der Waals surface area contributed by atoms with Crippen molar-refractivity contribution in [3.63, 3.8) is 0 Å². The van der Waals surface area contributed by atoms with Crippen LogP contribution >= 0.6 is 24.2 Å². The zero-order chi connectivity index (χ0) is 13.4. The maximum atomic E-state index is 11.8. The Morgan fingerprint density at radius 1 is 1.37 bits per heavy atom. The van der Waals surface area contributed by atoms with Crippen molar-refractivity contribution in [3.8, 4) is 0 Å². The van der Waals surface area contributed by atoms with Crippen LogP contribution in [0.2, 0.25) is 0 Å². The Morgan fingerprint density at radius 2 is 2.00 bits per heavy atom. The summed E-state index contributed by atoms with van der Waals surface area (Å²) in [7, 11) is 3.42. The third-order valence-corrected chi connectivity index (χ3v) is 3.52. The molecule has 0 saturated heterocycles. The van der Waals surface area contributed by atoms with Crippen LogP contribution in [0.5, 0.6) is 0 Å². The van der Waals surface area contributed by atoms with E-state index in [1.165, 1.54) is 12.7 Å². The van der Waals surface area contributed by atoms with Crippen molar-refractivity contribution in [1.29, 1.82) is 0 Å². The summed E-state index contributed by atoms with van der Waals surface area (Å²) in [6.07, 6.45) is 2.86. The van der Waals surface area contributed by atoms with Crippen LogP contribution in [0.3, 0.4) is 0 Å². The highest BCUT2D eigenvalue weighted by molar-refractivity contribution is 7.98. The standard InChI is InChI=1S/C14H21NO2S.ClH/c1-15(11-12-7-5-4-6-8-12)13(9-10-18-3)14(16)17-2;/h4-8,13H,9-11H2,1-3H3;1H/t13-;/m0./s1. The lowest BCUT2D eigenvalue weighted by molar-refractivity contribution is -0.146. The molecule has 1 atom stereocenters. The van der Waals surface area contributed by atoms with Crippen molar-refractivity contribution in [2.75, 3.05) is 26.2 Å². The predicted octanol–water partition coefficient (Wildman–Crippen LogP) is 2.83. The molecule has 19 heavy (non-hydrogen) atoms. The Morgan fingerprint density at radius 3 is 2.53 bits per heavy atom. The second kappa shape index (κ2) is 10.1. The number of likely N-dealkylation sites (N-methyl/N-ethyl adjacent to an activating group) is 1. The molecule has 1 aromatic carbocycles. The first-order valence-electron chi connectivity index (χ1n) is 6.00. The normalized spacial score (nSPS) is 11.8. The number of hydrogen-bond donors (Lipinski definition) is 0. The second-order valence-electron chi connectivity index (χ2n) is 4.22. The highest BCUT2D eigenvalue weighted by Crippen LogP contribution is 2.12. The van der Waals surface area contributed by atoms with E-state index in [0.717, 1.165) is 18.7 Å². The topological polar surface area (TPSA) is 29.5 Å². The van der Waals surface area contributed by atoms with E-state index in [2.05, 4.69) is 17.0 Å². The Balaban J connectivity index is 0.00000324. The molecular formula is C14H22ClNO2S. The number of hydrogen-bond acceptors (Lipinski definition) is 4. The van der Waals surface area contributed by atoms with Gasteiger partial charge in [-0.05, 0) is 31.0 Å². The Labute approximate surface area is 126 Å². The summed E-state index contributed by atoms with van der Waals surface area (Å²) < 4.78 is 4.88. The van der Waals surface area contributed by atoms with Crippen molar-refractivity contribution in [2.45, 2.75) is 19.0 Å². The molecule has 0 bridgehead atoms. The van der Waals surface area contributed by atoms with E-state index in [0.29, 0.717) is 0 Å². The Kier molecular flexibility index (Phi) is 9.74. The SMILES string of the molecule is COC(=O)[C@H](CCSC)N(C)Cc1ccccc1.Cl. The smallest absolute Gasteiger partial charge is 0.323 e. The molecule has 0 aromatic heterocycles. The van der Waals surface area contributed by atoms with E-state index < -0.39 is 0 Å². The first-order chi connectivity index (χ1) is 8.69. The first kappa shape index (κ1) is 18.3. The van der Waals surface area contributed by atoms with Crippen LogP contribution in [0.1, 0.15) is 12.0 Å². The van der Waals surface area contributed by atoms with Crippen LogP contribution in [0, 0.1) is 0 Å². The average Bonchev–Trinajstić information content (AvgIpc) is 2.40. The Bertz CT molecular complexity index is 362. The molecule has 0 saturated carbocycles. The maximum Gasteiger partial charge on any atom is 0.323 e. The highest BCUT2D eigenvalue weighted by Gasteiger charge is 2.23. The Hall–Kier alpha value is -0.710. The lowest BCUT2D eigenvalue weighted by Crippen LogP contribution is -2.39. The average molecular weight is 304 g/mol. The summed E-state index contributed by atoms with van der Waals surface area (Å²) in [6.45, 7) is 0.759. The van der Waals surface area contributed by atoms with Crippen molar-refractivity contribution in [1.82, 2.24) is 4.90 Å². The van der Waals surface area contributed by atoms with Gasteiger partial charge in [-0.3, -0.25) is 9.69 Å². The van der Waals surface area contributed by atoms with Gasteiger partial charge in [-0.15, -0.1) is 12.4 Å². The van der Waals surface area contributed by atoms with Gasteiger partial charge in [0.2, 0.25) is 0 Å². The van der Waals surface area contributed by atoms with E-state index >= 15 is 0 Å². The lowest BCUT2D eigenvalue weighted by atomic mass is 10.1. The van der Waals surface area contributed by atoms with Crippen LogP contribution in [-0.4, -0.2) is 43.1 Å². The van der Waals surface area contributed by atoms with E-state index in [-0.39, 0.29) is 24.4 Å². The van der Waals surface area contributed by atoms with Crippen LogP contribution < -0.4 is 0 Å². The molecule has 1 rings (SSSR count). The predicted molar refractivity (Wildman–Crippen MR) is 84.0 cm³/mol. The van der Waals surface area contributed by atoms with Gasteiger partial charge in [0.1, 0.15) is 6.04 Å². The number of thioether (sulfide) groups is 1. The van der Waals surface area contributed by atoms with Crippen molar-refractivity contribution < 1.29 is 9.53 Å². The third kappa shape index (κ3) is 6.32. The van der Waals surface area contributed by atoms with Crippen molar-refractivity contribution >= 4 is 30.1 Å². The van der Waals surface area contributed by atoms with Gasteiger partial charge in [-0.1, -0.05) is 30.3 Å². The quantitative estimate of drug-likeness (QED) is 0.725. The van der Waals surface area contributed by atoms with Gasteiger partial charge in [0.25, 0.3) is 0 Å². The van der Waals surface area contributed by atoms with Crippen molar-refractivity contribution in [2.24, 2.45) is 0 Å². The zero-order valence-electron chi connectivity index (χ0n) is 11.7. The molecule has 0 aliphatic carbocycles. The van der Waals surface area contributed by atoms with E-state index in [1.54, 1.807) is 11.8 Å². The number of carbonyl (C=O) groups excluding carboxylic acids is 1. The number of rotatable bonds is 7. The molecule has 0 fully saturated rings. The fourth-order valence-electron chi connectivity index (χ4n) is 1.87. The van der Waals surface area contributed by atoms with Crippen LogP contribution in [0.15, 0.2) is 30.3 Å². The summed E-state index contributed by atoms with van der Waals surface area (Å²) in [4.78, 5) is 13.8. The third-order valence-electron chi connectivity index (χ3n) is 2.88. The molecule has 1 aromatic rings. The minimum Gasteiger partial charge on any atom is -0.468 e. The molecular weight excluding hydrogens is 282 g/mol. The summed E-state index contributed by atoms with van der Waals surface area (Å²) in [6, 6.07) is 9.99. The van der Waals surface area contributed by atoms with Gasteiger partial charge in [0, 0.05) is 6.54 Å². The van der Waals surface area contributed by atoms with Crippen LogP contribution in [0.25, 0.3) is 0 Å². The molecule has 0 heterocycles. The maximum absolute atomic E-state index is 11.8. The fraction of sp³-hybridized carbons (Fsp3) is 0.500. The van der Waals surface area contributed by atoms with Crippen molar-refractivity contribution in [3.05, 3.63) is 35.9 Å².